The van der Waals surface area contributed by atoms with Crippen molar-refractivity contribution in [2.75, 3.05) is 13.1 Å². The van der Waals surface area contributed by atoms with Crippen LogP contribution in [0, 0.1) is 17.5 Å². The molecule has 0 radical (unpaired) electrons. The smallest absolute Gasteiger partial charge is 0.194 e. The van der Waals surface area contributed by atoms with E-state index in [0.29, 0.717) is 11.9 Å². The Hall–Kier alpha value is -1.82. The van der Waals surface area contributed by atoms with Gasteiger partial charge in [-0.15, -0.1) is 0 Å². The van der Waals surface area contributed by atoms with Crippen LogP contribution in [0.4, 0.5) is 13.2 Å². The average Bonchev–Trinajstić information content (AvgIpc) is 2.97. The summed E-state index contributed by atoms with van der Waals surface area (Å²) in [6.45, 7) is 1.86. The molecule has 1 aliphatic heterocycles. The fourth-order valence-electron chi connectivity index (χ4n) is 2.77. The molecule has 6 heteroatoms. The average molecular weight is 295 g/mol. The topological polar surface area (TPSA) is 29.9 Å². The van der Waals surface area contributed by atoms with E-state index in [9.17, 15) is 13.2 Å². The van der Waals surface area contributed by atoms with Crippen LogP contribution in [0.1, 0.15) is 30.3 Å². The zero-order chi connectivity index (χ0) is 14.8. The van der Waals surface area contributed by atoms with Crippen molar-refractivity contribution in [2.45, 2.75) is 25.3 Å². The molecule has 3 nitrogen and oxygen atoms in total. The third kappa shape index (κ3) is 2.81. The van der Waals surface area contributed by atoms with Gasteiger partial charge in [-0.3, -0.25) is 0 Å². The van der Waals surface area contributed by atoms with Crippen LogP contribution >= 0.6 is 0 Å². The van der Waals surface area contributed by atoms with Crippen LogP contribution < -0.4 is 5.32 Å². The van der Waals surface area contributed by atoms with Gasteiger partial charge in [0, 0.05) is 24.9 Å². The molecule has 1 aromatic heterocycles. The molecule has 1 N–H and O–H groups in total. The molecule has 0 saturated carbocycles. The number of hydrogen-bond donors (Lipinski definition) is 1. The third-order valence-corrected chi connectivity index (χ3v) is 3.91. The van der Waals surface area contributed by atoms with Gasteiger partial charge in [-0.1, -0.05) is 6.07 Å². The Morgan fingerprint density at radius 2 is 1.90 bits per heavy atom. The van der Waals surface area contributed by atoms with Gasteiger partial charge in [-0.25, -0.2) is 18.2 Å². The Bertz CT molecular complexity index is 633. The molecule has 1 aliphatic rings. The van der Waals surface area contributed by atoms with E-state index in [0.717, 1.165) is 32.0 Å². The van der Waals surface area contributed by atoms with E-state index < -0.39 is 17.5 Å². The molecule has 1 aromatic carbocycles. The summed E-state index contributed by atoms with van der Waals surface area (Å²) in [5.41, 5.74) is 0.121. The van der Waals surface area contributed by atoms with E-state index in [4.69, 9.17) is 0 Å². The predicted molar refractivity (Wildman–Crippen MR) is 72.5 cm³/mol. The van der Waals surface area contributed by atoms with Gasteiger partial charge >= 0.3 is 0 Å². The summed E-state index contributed by atoms with van der Waals surface area (Å²) in [5, 5.41) is 3.28. The van der Waals surface area contributed by atoms with E-state index in [1.54, 1.807) is 6.20 Å². The molecular weight excluding hydrogens is 279 g/mol. The van der Waals surface area contributed by atoms with Gasteiger partial charge in [0.25, 0.3) is 0 Å². The van der Waals surface area contributed by atoms with Crippen molar-refractivity contribution >= 4 is 0 Å². The number of halogens is 3. The minimum Gasteiger partial charge on any atom is -0.332 e. The maximum absolute atomic E-state index is 13.8. The Labute approximate surface area is 120 Å². The molecule has 21 heavy (non-hydrogen) atoms. The lowest BCUT2D eigenvalue weighted by Gasteiger charge is -2.25. The monoisotopic (exact) mass is 295 g/mol. The standard InChI is InChI=1S/C15H16F3N3/c16-12-2-1-10(14(17)15(12)18)9-13-20-7-8-21(13)11-3-5-19-6-4-11/h1-2,7-8,11,19H,3-6,9H2. The molecule has 0 unspecified atom stereocenters. The van der Waals surface area contributed by atoms with E-state index >= 15 is 0 Å². The summed E-state index contributed by atoms with van der Waals surface area (Å²) < 4.78 is 42.0. The lowest BCUT2D eigenvalue weighted by molar-refractivity contribution is 0.360. The largest absolute Gasteiger partial charge is 0.332 e. The van der Waals surface area contributed by atoms with Crippen LogP contribution in [-0.2, 0) is 6.42 Å². The summed E-state index contributed by atoms with van der Waals surface area (Å²) in [4.78, 5) is 4.24. The molecule has 0 amide bonds. The molecule has 2 aromatic rings. The van der Waals surface area contributed by atoms with Gasteiger partial charge in [0.05, 0.1) is 0 Å². The van der Waals surface area contributed by atoms with Crippen molar-refractivity contribution in [1.82, 2.24) is 14.9 Å². The number of hydrogen-bond acceptors (Lipinski definition) is 2. The van der Waals surface area contributed by atoms with Crippen LogP contribution in [0.3, 0.4) is 0 Å². The SMILES string of the molecule is Fc1ccc(Cc2nccn2C2CCNCC2)c(F)c1F. The number of rotatable bonds is 3. The highest BCUT2D eigenvalue weighted by molar-refractivity contribution is 5.24. The van der Waals surface area contributed by atoms with Crippen molar-refractivity contribution in [1.29, 1.82) is 0 Å². The van der Waals surface area contributed by atoms with Crippen molar-refractivity contribution in [3.63, 3.8) is 0 Å². The fourth-order valence-corrected chi connectivity index (χ4v) is 2.77. The van der Waals surface area contributed by atoms with Crippen LogP contribution in [0.15, 0.2) is 24.5 Å². The Balaban J connectivity index is 1.86. The third-order valence-electron chi connectivity index (χ3n) is 3.91. The van der Waals surface area contributed by atoms with E-state index in [-0.39, 0.29) is 12.0 Å². The lowest BCUT2D eigenvalue weighted by Crippen LogP contribution is -2.30. The minimum absolute atomic E-state index is 0.121. The Morgan fingerprint density at radius 3 is 2.67 bits per heavy atom. The molecule has 112 valence electrons. The highest BCUT2D eigenvalue weighted by Gasteiger charge is 2.20. The second kappa shape index (κ2) is 5.89. The van der Waals surface area contributed by atoms with Crippen LogP contribution in [0.5, 0.6) is 0 Å². The van der Waals surface area contributed by atoms with Gasteiger partial charge in [-0.05, 0) is 37.6 Å². The maximum Gasteiger partial charge on any atom is 0.194 e. The van der Waals surface area contributed by atoms with E-state index in [1.807, 2.05) is 10.8 Å². The number of nitrogens with zero attached hydrogens (tertiary/aromatic N) is 2. The fraction of sp³-hybridized carbons (Fsp3) is 0.400. The van der Waals surface area contributed by atoms with Crippen molar-refractivity contribution in [2.24, 2.45) is 0 Å². The summed E-state index contributed by atoms with van der Waals surface area (Å²) >= 11 is 0. The van der Waals surface area contributed by atoms with Crippen molar-refractivity contribution in [3.05, 3.63) is 53.4 Å². The molecule has 0 atom stereocenters. The first-order valence-corrected chi connectivity index (χ1v) is 7.01. The zero-order valence-corrected chi connectivity index (χ0v) is 11.5. The second-order valence-corrected chi connectivity index (χ2v) is 5.24. The van der Waals surface area contributed by atoms with Gasteiger partial charge in [0.15, 0.2) is 17.5 Å². The number of piperidine rings is 1. The molecule has 2 heterocycles. The first-order valence-electron chi connectivity index (χ1n) is 7.01. The molecule has 1 saturated heterocycles. The number of nitrogens with one attached hydrogen (secondary N) is 1. The summed E-state index contributed by atoms with van der Waals surface area (Å²) in [6, 6.07) is 2.54. The van der Waals surface area contributed by atoms with Gasteiger partial charge in [0.1, 0.15) is 5.82 Å². The number of benzene rings is 1. The molecular formula is C15H16F3N3. The molecule has 0 bridgehead atoms. The lowest BCUT2D eigenvalue weighted by atomic mass is 10.1. The van der Waals surface area contributed by atoms with Crippen molar-refractivity contribution in [3.8, 4) is 0 Å². The van der Waals surface area contributed by atoms with E-state index in [2.05, 4.69) is 10.3 Å². The highest BCUT2D eigenvalue weighted by Crippen LogP contribution is 2.23. The van der Waals surface area contributed by atoms with Gasteiger partial charge in [0.2, 0.25) is 0 Å². The van der Waals surface area contributed by atoms with Gasteiger partial charge < -0.3 is 9.88 Å². The van der Waals surface area contributed by atoms with E-state index in [1.165, 1.54) is 6.07 Å². The second-order valence-electron chi connectivity index (χ2n) is 5.24. The molecule has 0 spiro atoms. The van der Waals surface area contributed by atoms with Gasteiger partial charge in [-0.2, -0.15) is 0 Å². The first kappa shape index (κ1) is 14.1. The van der Waals surface area contributed by atoms with Crippen LogP contribution in [0.25, 0.3) is 0 Å². The number of aromatic nitrogens is 2. The van der Waals surface area contributed by atoms with Crippen molar-refractivity contribution < 1.29 is 13.2 Å². The Morgan fingerprint density at radius 1 is 1.14 bits per heavy atom. The maximum atomic E-state index is 13.8. The molecule has 3 rings (SSSR count). The van der Waals surface area contributed by atoms with Crippen LogP contribution in [-0.4, -0.2) is 22.6 Å². The summed E-state index contributed by atoms with van der Waals surface area (Å²) in [6.07, 6.45) is 5.63. The summed E-state index contributed by atoms with van der Waals surface area (Å²) in [5.74, 6) is -3.05. The minimum atomic E-state index is -1.42. The number of imidazole rings is 1. The Kier molecular flexibility index (Phi) is 3.96. The normalized spacial score (nSPS) is 16.3. The molecule has 1 fully saturated rings. The summed E-state index contributed by atoms with van der Waals surface area (Å²) in [7, 11) is 0. The first-order chi connectivity index (χ1) is 10.2. The highest BCUT2D eigenvalue weighted by atomic mass is 19.2. The quantitative estimate of drug-likeness (QED) is 0.883. The predicted octanol–water partition coefficient (Wildman–Crippen LogP) is 2.82. The zero-order valence-electron chi connectivity index (χ0n) is 11.5. The van der Waals surface area contributed by atoms with Crippen LogP contribution in [0.2, 0.25) is 0 Å². The molecule has 0 aliphatic carbocycles.